The molecule has 3 heteroatoms. The van der Waals surface area contributed by atoms with E-state index in [1.807, 2.05) is 6.92 Å². The first-order chi connectivity index (χ1) is 8.59. The fourth-order valence-corrected chi connectivity index (χ4v) is 4.96. The minimum atomic E-state index is -0.819. The van der Waals surface area contributed by atoms with E-state index in [0.29, 0.717) is 11.8 Å². The summed E-state index contributed by atoms with van der Waals surface area (Å²) >= 11 is 0. The van der Waals surface area contributed by atoms with Gasteiger partial charge in [-0.3, -0.25) is 4.79 Å². The molecule has 0 spiro atoms. The van der Waals surface area contributed by atoms with Crippen molar-refractivity contribution in [1.82, 2.24) is 0 Å². The normalized spacial score (nSPS) is 49.2. The average molecular weight is 254 g/mol. The second kappa shape index (κ2) is 4.50. The molecule has 102 valence electrons. The molecule has 1 unspecified atom stereocenters. The van der Waals surface area contributed by atoms with E-state index in [4.69, 9.17) is 4.74 Å². The van der Waals surface area contributed by atoms with Gasteiger partial charge in [0.05, 0.1) is 5.92 Å². The summed E-state index contributed by atoms with van der Waals surface area (Å²) < 4.78 is 19.5. The van der Waals surface area contributed by atoms with Gasteiger partial charge >= 0.3 is 5.97 Å². The van der Waals surface area contributed by atoms with Gasteiger partial charge in [0.2, 0.25) is 0 Å². The molecule has 3 fully saturated rings. The van der Waals surface area contributed by atoms with Gasteiger partial charge in [0.15, 0.2) is 0 Å². The van der Waals surface area contributed by atoms with E-state index in [2.05, 4.69) is 0 Å². The zero-order valence-electron chi connectivity index (χ0n) is 11.3. The van der Waals surface area contributed by atoms with Crippen LogP contribution in [0.25, 0.3) is 0 Å². The fourth-order valence-electron chi connectivity index (χ4n) is 4.96. The zero-order valence-corrected chi connectivity index (χ0v) is 11.3. The summed E-state index contributed by atoms with van der Waals surface area (Å²) in [5, 5.41) is 0. The number of alkyl halides is 1. The van der Waals surface area contributed by atoms with Crippen molar-refractivity contribution in [2.24, 2.45) is 29.6 Å². The van der Waals surface area contributed by atoms with Crippen molar-refractivity contribution in [2.45, 2.75) is 58.2 Å². The summed E-state index contributed by atoms with van der Waals surface area (Å²) in [6.07, 6.45) is 4.84. The van der Waals surface area contributed by atoms with E-state index in [1.54, 1.807) is 6.92 Å². The maximum atomic E-state index is 14.1. The van der Waals surface area contributed by atoms with Gasteiger partial charge in [-0.2, -0.15) is 0 Å². The lowest BCUT2D eigenvalue weighted by Crippen LogP contribution is -2.46. The molecule has 2 saturated carbocycles. The molecular weight excluding hydrogens is 231 g/mol. The molecule has 0 radical (unpaired) electrons. The molecule has 1 aliphatic heterocycles. The highest BCUT2D eigenvalue weighted by Gasteiger charge is 2.55. The van der Waals surface area contributed by atoms with Crippen LogP contribution < -0.4 is 0 Å². The number of rotatable bonds is 1. The van der Waals surface area contributed by atoms with Crippen LogP contribution in [0.3, 0.4) is 0 Å². The molecule has 3 rings (SSSR count). The van der Waals surface area contributed by atoms with E-state index >= 15 is 0 Å². The van der Waals surface area contributed by atoms with Gasteiger partial charge in [0.25, 0.3) is 0 Å². The van der Waals surface area contributed by atoms with E-state index in [9.17, 15) is 9.18 Å². The molecule has 0 aromatic carbocycles. The number of esters is 1. The van der Waals surface area contributed by atoms with Crippen LogP contribution in [0.1, 0.15) is 46.0 Å². The Bertz CT molecular complexity index is 341. The molecule has 0 aromatic rings. The second-order valence-corrected chi connectivity index (χ2v) is 6.52. The quantitative estimate of drug-likeness (QED) is 0.671. The largest absolute Gasteiger partial charge is 0.462 e. The first kappa shape index (κ1) is 12.4. The Hall–Kier alpha value is -0.600. The molecule has 2 nitrogen and oxygen atoms in total. The van der Waals surface area contributed by atoms with Crippen molar-refractivity contribution in [1.29, 1.82) is 0 Å². The Balaban J connectivity index is 1.92. The summed E-state index contributed by atoms with van der Waals surface area (Å²) in [5.74, 6) is 1.11. The monoisotopic (exact) mass is 254 g/mol. The maximum Gasteiger partial charge on any atom is 0.309 e. The van der Waals surface area contributed by atoms with Gasteiger partial charge in [0, 0.05) is 11.8 Å². The average Bonchev–Trinajstić information content (AvgIpc) is 2.62. The topological polar surface area (TPSA) is 26.3 Å². The number of halogens is 1. The van der Waals surface area contributed by atoms with Crippen molar-refractivity contribution < 1.29 is 13.9 Å². The van der Waals surface area contributed by atoms with Crippen molar-refractivity contribution in [2.75, 3.05) is 0 Å². The number of cyclic esters (lactones) is 1. The molecule has 0 bridgehead atoms. The molecule has 0 N–H and O–H groups in total. The fraction of sp³-hybridized carbons (Fsp3) is 0.933. The molecule has 1 heterocycles. The lowest BCUT2D eigenvalue weighted by Gasteiger charge is -2.47. The van der Waals surface area contributed by atoms with Crippen LogP contribution in [-0.2, 0) is 9.53 Å². The zero-order chi connectivity index (χ0) is 12.9. The van der Waals surface area contributed by atoms with Gasteiger partial charge in [-0.1, -0.05) is 19.3 Å². The highest BCUT2D eigenvalue weighted by Crippen LogP contribution is 2.54. The molecule has 1 saturated heterocycles. The van der Waals surface area contributed by atoms with Crippen LogP contribution in [-0.4, -0.2) is 18.2 Å². The van der Waals surface area contributed by atoms with E-state index in [0.717, 1.165) is 12.8 Å². The molecule has 18 heavy (non-hydrogen) atoms. The standard InChI is InChI=1S/C15H23FO2/c1-8(16)13-11-6-4-3-5-10(11)7-12-14(13)9(2)18-15(12)17/h8-14H,3-7H2,1-2H3/t8-,9+,10-,11?,12+,13-,14+/m0/s1. The number of hydrogen-bond donors (Lipinski definition) is 0. The third-order valence-electron chi connectivity index (χ3n) is 5.61. The smallest absolute Gasteiger partial charge is 0.309 e. The van der Waals surface area contributed by atoms with Crippen molar-refractivity contribution >= 4 is 5.97 Å². The van der Waals surface area contributed by atoms with Crippen LogP contribution in [0.5, 0.6) is 0 Å². The molecule has 7 atom stereocenters. The lowest BCUT2D eigenvalue weighted by molar-refractivity contribution is -0.144. The lowest BCUT2D eigenvalue weighted by atomic mass is 9.56. The number of hydrogen-bond acceptors (Lipinski definition) is 2. The Morgan fingerprint density at radius 1 is 1.33 bits per heavy atom. The molecule has 0 aromatic heterocycles. The predicted octanol–water partition coefficient (Wildman–Crippen LogP) is 3.35. The SMILES string of the molecule is C[C@H](F)[C@H]1C2CCCC[C@H]2C[C@H]2C(=O)O[C@H](C)[C@@H]12. The summed E-state index contributed by atoms with van der Waals surface area (Å²) in [7, 11) is 0. The number of carbonyl (C=O) groups is 1. The van der Waals surface area contributed by atoms with E-state index < -0.39 is 6.17 Å². The van der Waals surface area contributed by atoms with Gasteiger partial charge < -0.3 is 4.74 Å². The van der Waals surface area contributed by atoms with Gasteiger partial charge in [-0.15, -0.1) is 0 Å². The second-order valence-electron chi connectivity index (χ2n) is 6.52. The van der Waals surface area contributed by atoms with Crippen LogP contribution in [0.2, 0.25) is 0 Å². The maximum absolute atomic E-state index is 14.1. The highest BCUT2D eigenvalue weighted by molar-refractivity contribution is 5.75. The van der Waals surface area contributed by atoms with Crippen molar-refractivity contribution in [3.8, 4) is 0 Å². The van der Waals surface area contributed by atoms with Gasteiger partial charge in [0.1, 0.15) is 12.3 Å². The third kappa shape index (κ3) is 1.78. The van der Waals surface area contributed by atoms with Gasteiger partial charge in [-0.25, -0.2) is 4.39 Å². The van der Waals surface area contributed by atoms with E-state index in [1.165, 1.54) is 19.3 Å². The molecular formula is C15H23FO2. The minimum absolute atomic E-state index is 0.0254. The van der Waals surface area contributed by atoms with Crippen LogP contribution >= 0.6 is 0 Å². The van der Waals surface area contributed by atoms with Gasteiger partial charge in [-0.05, 0) is 38.5 Å². The molecule has 2 aliphatic carbocycles. The van der Waals surface area contributed by atoms with Crippen molar-refractivity contribution in [3.05, 3.63) is 0 Å². The summed E-state index contributed by atoms with van der Waals surface area (Å²) in [4.78, 5) is 11.9. The number of fused-ring (bicyclic) bond motifs is 2. The van der Waals surface area contributed by atoms with Crippen molar-refractivity contribution in [3.63, 3.8) is 0 Å². The first-order valence-corrected chi connectivity index (χ1v) is 7.44. The summed E-state index contributed by atoms with van der Waals surface area (Å²) in [6.45, 7) is 3.62. The summed E-state index contributed by atoms with van der Waals surface area (Å²) in [6, 6.07) is 0. The van der Waals surface area contributed by atoms with Crippen LogP contribution in [0.4, 0.5) is 4.39 Å². The highest BCUT2D eigenvalue weighted by atomic mass is 19.1. The predicted molar refractivity (Wildman–Crippen MR) is 66.7 cm³/mol. The molecule has 0 amide bonds. The Labute approximate surface area is 108 Å². The summed E-state index contributed by atoms with van der Waals surface area (Å²) in [5.41, 5.74) is 0. The van der Waals surface area contributed by atoms with E-state index in [-0.39, 0.29) is 29.8 Å². The Morgan fingerprint density at radius 3 is 2.78 bits per heavy atom. The number of ether oxygens (including phenoxy) is 1. The van der Waals surface area contributed by atoms with Crippen LogP contribution in [0.15, 0.2) is 0 Å². The molecule has 3 aliphatic rings. The van der Waals surface area contributed by atoms with Crippen LogP contribution in [0, 0.1) is 29.6 Å². The Kier molecular flexibility index (Phi) is 3.11. The first-order valence-electron chi connectivity index (χ1n) is 7.44. The Morgan fingerprint density at radius 2 is 2.06 bits per heavy atom. The minimum Gasteiger partial charge on any atom is -0.462 e. The third-order valence-corrected chi connectivity index (χ3v) is 5.61. The number of carbonyl (C=O) groups excluding carboxylic acids is 1.